The highest BCUT2D eigenvalue weighted by Crippen LogP contribution is 2.30. The van der Waals surface area contributed by atoms with Gasteiger partial charge >= 0.3 is 0 Å². The van der Waals surface area contributed by atoms with Crippen molar-refractivity contribution in [3.63, 3.8) is 0 Å². The first kappa shape index (κ1) is 22.5. The number of methoxy groups -OCH3 is 1. The fraction of sp³-hybridized carbons (Fsp3) is 0.381. The van der Waals surface area contributed by atoms with Gasteiger partial charge in [-0.3, -0.25) is 9.10 Å². The molecule has 1 N–H and O–H groups in total. The van der Waals surface area contributed by atoms with Gasteiger partial charge in [-0.15, -0.1) is 0 Å². The van der Waals surface area contributed by atoms with Gasteiger partial charge in [-0.05, 0) is 43.2 Å². The Hall–Kier alpha value is -2.74. The Labute approximate surface area is 172 Å². The summed E-state index contributed by atoms with van der Waals surface area (Å²) in [5, 5.41) is 2.92. The van der Waals surface area contributed by atoms with E-state index in [-0.39, 0.29) is 12.6 Å². The van der Waals surface area contributed by atoms with Crippen LogP contribution in [0.4, 0.5) is 5.69 Å². The molecule has 0 saturated heterocycles. The highest BCUT2D eigenvalue weighted by atomic mass is 32.2. The van der Waals surface area contributed by atoms with E-state index in [4.69, 9.17) is 9.47 Å². The molecule has 0 radical (unpaired) electrons. The minimum atomic E-state index is -3.69. The lowest BCUT2D eigenvalue weighted by Crippen LogP contribution is -2.41. The fourth-order valence-electron chi connectivity index (χ4n) is 2.95. The van der Waals surface area contributed by atoms with E-state index in [9.17, 15) is 13.2 Å². The van der Waals surface area contributed by atoms with Crippen molar-refractivity contribution in [3.05, 3.63) is 54.1 Å². The largest absolute Gasteiger partial charge is 0.497 e. The Balaban J connectivity index is 2.22. The number of anilines is 1. The molecule has 158 valence electrons. The molecule has 0 saturated carbocycles. The monoisotopic (exact) mass is 420 g/mol. The highest BCUT2D eigenvalue weighted by molar-refractivity contribution is 7.92. The first-order chi connectivity index (χ1) is 13.8. The van der Waals surface area contributed by atoms with Crippen LogP contribution in [0.1, 0.15) is 31.9 Å². The number of carbonyl (C=O) groups is 1. The average Bonchev–Trinajstić information content (AvgIpc) is 2.70. The van der Waals surface area contributed by atoms with Gasteiger partial charge in [0.05, 0.1) is 31.7 Å². The Morgan fingerprint density at radius 3 is 2.31 bits per heavy atom. The molecule has 2 aromatic rings. The summed E-state index contributed by atoms with van der Waals surface area (Å²) >= 11 is 0. The van der Waals surface area contributed by atoms with E-state index in [1.165, 1.54) is 0 Å². The van der Waals surface area contributed by atoms with Crippen molar-refractivity contribution >= 4 is 21.6 Å². The van der Waals surface area contributed by atoms with Crippen molar-refractivity contribution in [1.29, 1.82) is 0 Å². The van der Waals surface area contributed by atoms with Gasteiger partial charge in [0, 0.05) is 0 Å². The number of amides is 1. The molecule has 2 aromatic carbocycles. The van der Waals surface area contributed by atoms with Crippen LogP contribution in [0.3, 0.4) is 0 Å². The predicted molar refractivity (Wildman–Crippen MR) is 114 cm³/mol. The number of hydrogen-bond donors (Lipinski definition) is 1. The van der Waals surface area contributed by atoms with Crippen LogP contribution in [0, 0.1) is 0 Å². The molecule has 8 heteroatoms. The minimum absolute atomic E-state index is 0.239. The zero-order valence-corrected chi connectivity index (χ0v) is 18.0. The van der Waals surface area contributed by atoms with E-state index >= 15 is 0 Å². The SMILES string of the molecule is CCOc1ccccc1N(CC(=O)N[C@H](CC)c1ccc(OC)cc1)S(C)(=O)=O. The maximum absolute atomic E-state index is 12.7. The molecule has 1 atom stereocenters. The third-order valence-corrected chi connectivity index (χ3v) is 5.51. The maximum atomic E-state index is 12.7. The smallest absolute Gasteiger partial charge is 0.241 e. The molecule has 0 fully saturated rings. The molecule has 0 spiro atoms. The number of nitrogens with one attached hydrogen (secondary N) is 1. The Morgan fingerprint density at radius 1 is 1.10 bits per heavy atom. The zero-order valence-electron chi connectivity index (χ0n) is 17.2. The summed E-state index contributed by atoms with van der Waals surface area (Å²) in [7, 11) is -2.10. The normalized spacial score (nSPS) is 12.1. The summed E-state index contributed by atoms with van der Waals surface area (Å²) in [6.45, 7) is 3.81. The number of nitrogens with zero attached hydrogens (tertiary/aromatic N) is 1. The summed E-state index contributed by atoms with van der Waals surface area (Å²) in [4.78, 5) is 12.7. The fourth-order valence-corrected chi connectivity index (χ4v) is 3.81. The van der Waals surface area contributed by atoms with Gasteiger partial charge in [-0.1, -0.05) is 31.2 Å². The standard InChI is InChI=1S/C21H28N2O5S/c1-5-18(16-11-13-17(27-3)14-12-16)22-21(24)15-23(29(4,25)26)19-9-7-8-10-20(19)28-6-2/h7-14,18H,5-6,15H2,1-4H3,(H,22,24)/t18-/m1/s1. The number of sulfonamides is 1. The van der Waals surface area contributed by atoms with Crippen LogP contribution in [0.25, 0.3) is 0 Å². The first-order valence-electron chi connectivity index (χ1n) is 9.43. The lowest BCUT2D eigenvalue weighted by Gasteiger charge is -2.25. The van der Waals surface area contributed by atoms with Crippen molar-refractivity contribution in [2.24, 2.45) is 0 Å². The van der Waals surface area contributed by atoms with Crippen LogP contribution >= 0.6 is 0 Å². The van der Waals surface area contributed by atoms with E-state index in [2.05, 4.69) is 5.32 Å². The van der Waals surface area contributed by atoms with Crippen molar-refractivity contribution in [1.82, 2.24) is 5.32 Å². The number of para-hydroxylation sites is 2. The van der Waals surface area contributed by atoms with Gasteiger partial charge in [0.15, 0.2) is 0 Å². The molecule has 0 bridgehead atoms. The summed E-state index contributed by atoms with van der Waals surface area (Å²) in [5.41, 5.74) is 1.26. The van der Waals surface area contributed by atoms with Crippen LogP contribution in [0.5, 0.6) is 11.5 Å². The zero-order chi connectivity index (χ0) is 21.4. The van der Waals surface area contributed by atoms with Crippen LogP contribution < -0.4 is 19.1 Å². The Kier molecular flexibility index (Phi) is 7.90. The molecular weight excluding hydrogens is 392 g/mol. The highest BCUT2D eigenvalue weighted by Gasteiger charge is 2.25. The second kappa shape index (κ2) is 10.2. The third kappa shape index (κ3) is 6.12. The van der Waals surface area contributed by atoms with E-state index in [0.717, 1.165) is 21.9 Å². The molecule has 2 rings (SSSR count). The second-order valence-corrected chi connectivity index (χ2v) is 8.38. The molecule has 0 unspecified atom stereocenters. The topological polar surface area (TPSA) is 84.9 Å². The van der Waals surface area contributed by atoms with Crippen LogP contribution in [-0.4, -0.2) is 40.8 Å². The number of carbonyl (C=O) groups excluding carboxylic acids is 1. The second-order valence-electron chi connectivity index (χ2n) is 6.47. The summed E-state index contributed by atoms with van der Waals surface area (Å²) in [5.74, 6) is 0.741. The molecule has 0 aliphatic carbocycles. The summed E-state index contributed by atoms with van der Waals surface area (Å²) in [6.07, 6.45) is 1.73. The van der Waals surface area contributed by atoms with Gasteiger partial charge in [0.25, 0.3) is 0 Å². The van der Waals surface area contributed by atoms with Crippen LogP contribution in [0.15, 0.2) is 48.5 Å². The van der Waals surface area contributed by atoms with Crippen molar-refractivity contribution in [2.75, 3.05) is 30.8 Å². The lowest BCUT2D eigenvalue weighted by atomic mass is 10.0. The van der Waals surface area contributed by atoms with Gasteiger partial charge in [-0.25, -0.2) is 8.42 Å². The quantitative estimate of drug-likeness (QED) is 0.638. The molecule has 0 aromatic heterocycles. The molecule has 29 heavy (non-hydrogen) atoms. The number of hydrogen-bond acceptors (Lipinski definition) is 5. The van der Waals surface area contributed by atoms with Crippen LogP contribution in [-0.2, 0) is 14.8 Å². The molecule has 7 nitrogen and oxygen atoms in total. The van der Waals surface area contributed by atoms with Gasteiger partial charge in [0.2, 0.25) is 15.9 Å². The van der Waals surface area contributed by atoms with E-state index in [1.54, 1.807) is 31.4 Å². The number of rotatable bonds is 10. The van der Waals surface area contributed by atoms with Crippen molar-refractivity contribution < 1.29 is 22.7 Å². The summed E-state index contributed by atoms with van der Waals surface area (Å²) < 4.78 is 36.6. The summed E-state index contributed by atoms with van der Waals surface area (Å²) in [6, 6.07) is 13.9. The minimum Gasteiger partial charge on any atom is -0.497 e. The van der Waals surface area contributed by atoms with Crippen molar-refractivity contribution in [2.45, 2.75) is 26.3 Å². The molecule has 1 amide bonds. The lowest BCUT2D eigenvalue weighted by molar-refractivity contribution is -0.120. The molecule has 0 heterocycles. The third-order valence-electron chi connectivity index (χ3n) is 4.38. The Bertz CT molecular complexity index is 913. The van der Waals surface area contributed by atoms with E-state index in [0.29, 0.717) is 24.5 Å². The van der Waals surface area contributed by atoms with Crippen LogP contribution in [0.2, 0.25) is 0 Å². The maximum Gasteiger partial charge on any atom is 0.241 e. The Morgan fingerprint density at radius 2 is 1.76 bits per heavy atom. The van der Waals surface area contributed by atoms with Gasteiger partial charge < -0.3 is 14.8 Å². The molecular formula is C21H28N2O5S. The average molecular weight is 421 g/mol. The van der Waals surface area contributed by atoms with Gasteiger partial charge in [0.1, 0.15) is 18.0 Å². The van der Waals surface area contributed by atoms with E-state index in [1.807, 2.05) is 38.1 Å². The molecule has 0 aliphatic heterocycles. The molecule has 0 aliphatic rings. The van der Waals surface area contributed by atoms with Crippen molar-refractivity contribution in [3.8, 4) is 11.5 Å². The van der Waals surface area contributed by atoms with E-state index < -0.39 is 15.9 Å². The number of ether oxygens (including phenoxy) is 2. The predicted octanol–water partition coefficient (Wildman–Crippen LogP) is 3.13. The first-order valence-corrected chi connectivity index (χ1v) is 11.3. The number of benzene rings is 2. The van der Waals surface area contributed by atoms with Gasteiger partial charge in [-0.2, -0.15) is 0 Å².